The molecule has 0 unspecified atom stereocenters. The molecule has 0 aliphatic rings. The second-order valence-corrected chi connectivity index (χ2v) is 6.55. The molecule has 0 atom stereocenters. The SMILES string of the molecule is COCCN(CCOC)C(=O)c1nn(CC(C)C)c(=O)c2ccccc12. The zero-order valence-electron chi connectivity index (χ0n) is 15.9. The van der Waals surface area contributed by atoms with Crippen molar-refractivity contribution in [2.45, 2.75) is 20.4 Å². The van der Waals surface area contributed by atoms with Crippen LogP contribution in [-0.4, -0.2) is 61.1 Å². The third-order valence-electron chi connectivity index (χ3n) is 4.03. The highest BCUT2D eigenvalue weighted by molar-refractivity contribution is 6.04. The van der Waals surface area contributed by atoms with Crippen LogP contribution < -0.4 is 5.56 Å². The number of ether oxygens (including phenoxy) is 2. The predicted molar refractivity (Wildman–Crippen MR) is 100 cm³/mol. The summed E-state index contributed by atoms with van der Waals surface area (Å²) < 4.78 is 11.6. The van der Waals surface area contributed by atoms with Crippen molar-refractivity contribution < 1.29 is 14.3 Å². The maximum absolute atomic E-state index is 13.2. The van der Waals surface area contributed by atoms with E-state index in [2.05, 4.69) is 5.10 Å². The van der Waals surface area contributed by atoms with Gasteiger partial charge in [0.25, 0.3) is 11.5 Å². The van der Waals surface area contributed by atoms with E-state index < -0.39 is 0 Å². The van der Waals surface area contributed by atoms with Gasteiger partial charge in [0.15, 0.2) is 5.69 Å². The van der Waals surface area contributed by atoms with Crippen molar-refractivity contribution in [1.29, 1.82) is 0 Å². The van der Waals surface area contributed by atoms with E-state index >= 15 is 0 Å². The average molecular weight is 361 g/mol. The van der Waals surface area contributed by atoms with E-state index in [1.165, 1.54) is 4.68 Å². The molecular formula is C19H27N3O4. The van der Waals surface area contributed by atoms with Gasteiger partial charge < -0.3 is 14.4 Å². The van der Waals surface area contributed by atoms with Crippen LogP contribution in [0.25, 0.3) is 10.8 Å². The minimum absolute atomic E-state index is 0.175. The molecule has 0 N–H and O–H groups in total. The molecule has 26 heavy (non-hydrogen) atoms. The van der Waals surface area contributed by atoms with Gasteiger partial charge in [-0.05, 0) is 12.0 Å². The highest BCUT2D eigenvalue weighted by Crippen LogP contribution is 2.16. The second kappa shape index (κ2) is 9.45. The molecule has 0 radical (unpaired) electrons. The molecule has 0 aliphatic carbocycles. The second-order valence-electron chi connectivity index (χ2n) is 6.55. The lowest BCUT2D eigenvalue weighted by atomic mass is 10.1. The number of aromatic nitrogens is 2. The van der Waals surface area contributed by atoms with Crippen LogP contribution in [0.4, 0.5) is 0 Å². The molecule has 0 saturated carbocycles. The van der Waals surface area contributed by atoms with Crippen molar-refractivity contribution in [3.05, 3.63) is 40.3 Å². The van der Waals surface area contributed by atoms with Gasteiger partial charge in [-0.25, -0.2) is 4.68 Å². The summed E-state index contributed by atoms with van der Waals surface area (Å²) in [4.78, 5) is 27.5. The maximum atomic E-state index is 13.2. The van der Waals surface area contributed by atoms with E-state index in [1.807, 2.05) is 19.9 Å². The number of hydrogen-bond donors (Lipinski definition) is 0. The molecule has 0 aliphatic heterocycles. The summed E-state index contributed by atoms with van der Waals surface area (Å²) >= 11 is 0. The standard InChI is InChI=1S/C19H27N3O4/c1-14(2)13-22-18(23)16-8-6-5-7-15(16)17(20-22)19(24)21(9-11-25-3)10-12-26-4/h5-8,14H,9-13H2,1-4H3. The number of hydrogen-bond acceptors (Lipinski definition) is 5. The molecule has 0 spiro atoms. The molecule has 1 aromatic carbocycles. The normalized spacial score (nSPS) is 11.3. The molecule has 7 nitrogen and oxygen atoms in total. The molecule has 1 aromatic heterocycles. The molecule has 1 amide bonds. The van der Waals surface area contributed by atoms with E-state index in [0.29, 0.717) is 43.6 Å². The molecule has 0 fully saturated rings. The van der Waals surface area contributed by atoms with Crippen LogP contribution >= 0.6 is 0 Å². The van der Waals surface area contributed by atoms with Crippen molar-refractivity contribution >= 4 is 16.7 Å². The maximum Gasteiger partial charge on any atom is 0.275 e. The lowest BCUT2D eigenvalue weighted by Gasteiger charge is -2.22. The van der Waals surface area contributed by atoms with Gasteiger partial charge in [0, 0.05) is 39.2 Å². The number of amides is 1. The summed E-state index contributed by atoms with van der Waals surface area (Å²) in [5.74, 6) is 0.00945. The average Bonchev–Trinajstić information content (AvgIpc) is 2.63. The molecule has 142 valence electrons. The Kier molecular flexibility index (Phi) is 7.29. The third-order valence-corrected chi connectivity index (χ3v) is 4.03. The van der Waals surface area contributed by atoms with Crippen LogP contribution in [0.15, 0.2) is 29.1 Å². The van der Waals surface area contributed by atoms with Gasteiger partial charge >= 0.3 is 0 Å². The quantitative estimate of drug-likeness (QED) is 0.681. The van der Waals surface area contributed by atoms with Crippen LogP contribution in [0, 0.1) is 5.92 Å². The Morgan fingerprint density at radius 1 is 1.12 bits per heavy atom. The van der Waals surface area contributed by atoms with Crippen LogP contribution in [0.1, 0.15) is 24.3 Å². The molecule has 7 heteroatoms. The third kappa shape index (κ3) is 4.68. The molecule has 0 saturated heterocycles. The fourth-order valence-corrected chi connectivity index (χ4v) is 2.73. The zero-order chi connectivity index (χ0) is 19.1. The number of carbonyl (C=O) groups excluding carboxylic acids is 1. The van der Waals surface area contributed by atoms with Crippen molar-refractivity contribution in [2.24, 2.45) is 5.92 Å². The largest absolute Gasteiger partial charge is 0.383 e. The first-order valence-corrected chi connectivity index (χ1v) is 8.76. The highest BCUT2D eigenvalue weighted by atomic mass is 16.5. The highest BCUT2D eigenvalue weighted by Gasteiger charge is 2.22. The number of benzene rings is 1. The van der Waals surface area contributed by atoms with Crippen LogP contribution in [0.5, 0.6) is 0 Å². The topological polar surface area (TPSA) is 73.7 Å². The molecule has 1 heterocycles. The minimum Gasteiger partial charge on any atom is -0.383 e. The van der Waals surface area contributed by atoms with Crippen molar-refractivity contribution in [3.8, 4) is 0 Å². The van der Waals surface area contributed by atoms with Crippen molar-refractivity contribution in [3.63, 3.8) is 0 Å². The predicted octanol–water partition coefficient (Wildman–Crippen LogP) is 1.79. The molecule has 2 rings (SSSR count). The number of rotatable bonds is 9. The number of nitrogens with zero attached hydrogens (tertiary/aromatic N) is 3. The molecular weight excluding hydrogens is 334 g/mol. The van der Waals surface area contributed by atoms with Gasteiger partial charge in [0.1, 0.15) is 0 Å². The van der Waals surface area contributed by atoms with Gasteiger partial charge in [-0.15, -0.1) is 0 Å². The van der Waals surface area contributed by atoms with Crippen LogP contribution in [0.3, 0.4) is 0 Å². The van der Waals surface area contributed by atoms with E-state index in [4.69, 9.17) is 9.47 Å². The monoisotopic (exact) mass is 361 g/mol. The van der Waals surface area contributed by atoms with Crippen LogP contribution in [-0.2, 0) is 16.0 Å². The van der Waals surface area contributed by atoms with Crippen molar-refractivity contribution in [1.82, 2.24) is 14.7 Å². The first kappa shape index (κ1) is 20.1. The van der Waals surface area contributed by atoms with E-state index in [9.17, 15) is 9.59 Å². The van der Waals surface area contributed by atoms with Crippen molar-refractivity contribution in [2.75, 3.05) is 40.5 Å². The van der Waals surface area contributed by atoms with E-state index in [-0.39, 0.29) is 23.1 Å². The Balaban J connectivity index is 2.52. The van der Waals surface area contributed by atoms with Gasteiger partial charge in [-0.2, -0.15) is 5.10 Å². The first-order chi connectivity index (χ1) is 12.5. The summed E-state index contributed by atoms with van der Waals surface area (Å²) in [7, 11) is 3.19. The number of fused-ring (bicyclic) bond motifs is 1. The Bertz CT molecular complexity index is 793. The van der Waals surface area contributed by atoms with E-state index in [0.717, 1.165) is 0 Å². The number of methoxy groups -OCH3 is 2. The van der Waals surface area contributed by atoms with Gasteiger partial charge in [-0.1, -0.05) is 32.0 Å². The van der Waals surface area contributed by atoms with Gasteiger partial charge in [0.05, 0.1) is 18.6 Å². The smallest absolute Gasteiger partial charge is 0.275 e. The molecule has 2 aromatic rings. The van der Waals surface area contributed by atoms with Crippen LogP contribution in [0.2, 0.25) is 0 Å². The zero-order valence-corrected chi connectivity index (χ0v) is 15.9. The Morgan fingerprint density at radius 3 is 2.23 bits per heavy atom. The van der Waals surface area contributed by atoms with E-state index in [1.54, 1.807) is 37.3 Å². The summed E-state index contributed by atoms with van der Waals surface area (Å²) in [6.45, 7) is 6.16. The fourth-order valence-electron chi connectivity index (χ4n) is 2.73. The summed E-state index contributed by atoms with van der Waals surface area (Å²) in [6.07, 6.45) is 0. The summed E-state index contributed by atoms with van der Waals surface area (Å²) in [5.41, 5.74) is 0.110. The number of carbonyl (C=O) groups is 1. The summed E-state index contributed by atoms with van der Waals surface area (Å²) in [5, 5.41) is 5.49. The Morgan fingerprint density at radius 2 is 1.69 bits per heavy atom. The summed E-state index contributed by atoms with van der Waals surface area (Å²) in [6, 6.07) is 7.11. The fraction of sp³-hybridized carbons (Fsp3) is 0.526. The first-order valence-electron chi connectivity index (χ1n) is 8.76. The lowest BCUT2D eigenvalue weighted by molar-refractivity contribution is 0.0621. The lowest BCUT2D eigenvalue weighted by Crippen LogP contribution is -2.38. The van der Waals surface area contributed by atoms with Gasteiger partial charge in [-0.3, -0.25) is 9.59 Å². The van der Waals surface area contributed by atoms with Gasteiger partial charge in [0.2, 0.25) is 0 Å². The molecule has 0 bridgehead atoms. The Hall–Kier alpha value is -2.25. The minimum atomic E-state index is -0.229. The Labute approximate surface area is 153 Å².